The van der Waals surface area contributed by atoms with Gasteiger partial charge in [0.15, 0.2) is 0 Å². The van der Waals surface area contributed by atoms with Gasteiger partial charge in [-0.05, 0) is 18.9 Å². The Kier molecular flexibility index (Phi) is 5.33. The van der Waals surface area contributed by atoms with Crippen LogP contribution in [0.25, 0.3) is 0 Å². The van der Waals surface area contributed by atoms with Crippen molar-refractivity contribution in [1.29, 1.82) is 0 Å². The molecule has 1 N–H and O–H groups in total. The third-order valence-corrected chi connectivity index (χ3v) is 6.16. The quantitative estimate of drug-likeness (QED) is 0.905. The molecule has 1 saturated heterocycles. The lowest BCUT2D eigenvalue weighted by molar-refractivity contribution is -0.142. The molecule has 1 amide bonds. The van der Waals surface area contributed by atoms with Crippen LogP contribution in [0.4, 0.5) is 0 Å². The van der Waals surface area contributed by atoms with Crippen molar-refractivity contribution in [2.75, 3.05) is 12.9 Å². The molecule has 0 spiro atoms. The number of carbonyl (C=O) groups is 2. The number of para-hydroxylation sites is 1. The van der Waals surface area contributed by atoms with Gasteiger partial charge in [-0.15, -0.1) is 11.8 Å². The van der Waals surface area contributed by atoms with E-state index in [-0.39, 0.29) is 17.7 Å². The van der Waals surface area contributed by atoms with E-state index in [9.17, 15) is 14.7 Å². The molecule has 1 heterocycles. The Balaban J connectivity index is 2.04. The van der Waals surface area contributed by atoms with Crippen molar-refractivity contribution < 1.29 is 19.4 Å². The first-order valence-corrected chi connectivity index (χ1v) is 9.47. The van der Waals surface area contributed by atoms with Crippen molar-refractivity contribution in [3.8, 4) is 5.75 Å². The summed E-state index contributed by atoms with van der Waals surface area (Å²) >= 11 is 1.22. The first kappa shape index (κ1) is 17.1. The summed E-state index contributed by atoms with van der Waals surface area (Å²) in [5, 5.41) is 9.07. The number of hydrogen-bond donors (Lipinski definition) is 1. The molecule has 1 saturated carbocycles. The zero-order valence-corrected chi connectivity index (χ0v) is 14.6. The Morgan fingerprint density at radius 3 is 2.62 bits per heavy atom. The van der Waals surface area contributed by atoms with Gasteiger partial charge in [-0.2, -0.15) is 0 Å². The van der Waals surface area contributed by atoms with Gasteiger partial charge >= 0.3 is 5.97 Å². The highest BCUT2D eigenvalue weighted by atomic mass is 32.2. The second kappa shape index (κ2) is 7.47. The Hall–Kier alpha value is -1.69. The molecule has 5 nitrogen and oxygen atoms in total. The fraction of sp³-hybridized carbons (Fsp3) is 0.556. The van der Waals surface area contributed by atoms with Gasteiger partial charge in [0, 0.05) is 11.6 Å². The molecule has 0 aromatic heterocycles. The number of carboxylic acid groups (broad SMARTS) is 1. The lowest BCUT2D eigenvalue weighted by Crippen LogP contribution is -2.52. The number of nitrogens with zero attached hydrogens (tertiary/aromatic N) is 1. The van der Waals surface area contributed by atoms with Gasteiger partial charge in [0.2, 0.25) is 5.91 Å². The highest BCUT2D eigenvalue weighted by Gasteiger charge is 2.45. The van der Waals surface area contributed by atoms with Gasteiger partial charge in [0.1, 0.15) is 11.0 Å². The Bertz CT molecular complexity index is 615. The Morgan fingerprint density at radius 1 is 1.25 bits per heavy atom. The minimum Gasteiger partial charge on any atom is -0.496 e. The molecule has 1 aromatic rings. The zero-order valence-electron chi connectivity index (χ0n) is 13.8. The summed E-state index contributed by atoms with van der Waals surface area (Å²) in [6.07, 6.45) is 5.29. The number of carboxylic acids is 1. The summed E-state index contributed by atoms with van der Waals surface area (Å²) in [6, 6.07) is 7.10. The van der Waals surface area contributed by atoms with Crippen LogP contribution in [0.1, 0.15) is 43.7 Å². The minimum atomic E-state index is -0.871. The number of hydrogen-bond acceptors (Lipinski definition) is 4. The Labute approximate surface area is 146 Å². The van der Waals surface area contributed by atoms with E-state index < -0.39 is 17.3 Å². The average molecular weight is 349 g/mol. The van der Waals surface area contributed by atoms with Crippen molar-refractivity contribution in [2.45, 2.75) is 49.4 Å². The van der Waals surface area contributed by atoms with E-state index in [1.807, 2.05) is 29.2 Å². The highest BCUT2D eigenvalue weighted by molar-refractivity contribution is 8.01. The van der Waals surface area contributed by atoms with Crippen molar-refractivity contribution in [3.63, 3.8) is 0 Å². The van der Waals surface area contributed by atoms with Gasteiger partial charge in [-0.25, -0.2) is 0 Å². The number of aliphatic carboxylic acids is 1. The average Bonchev–Trinajstić information content (AvgIpc) is 2.61. The van der Waals surface area contributed by atoms with Crippen molar-refractivity contribution in [1.82, 2.24) is 4.90 Å². The van der Waals surface area contributed by atoms with Crippen LogP contribution in [-0.2, 0) is 9.59 Å². The molecule has 2 fully saturated rings. The third-order valence-electron chi connectivity index (χ3n) is 4.93. The summed E-state index contributed by atoms with van der Waals surface area (Å²) < 4.78 is 5.46. The standard InChI is InChI=1S/C18H23NO4S/c1-23-14-10-6-5-9-13(14)16-17(18(21)22)24-11-15(20)19(16)12-7-3-2-4-8-12/h5-6,9-10,12,16-17H,2-4,7-8,11H2,1H3,(H,21,22). The molecule has 1 aromatic carbocycles. The smallest absolute Gasteiger partial charge is 0.319 e. The molecule has 24 heavy (non-hydrogen) atoms. The Morgan fingerprint density at radius 2 is 1.96 bits per heavy atom. The largest absolute Gasteiger partial charge is 0.496 e. The second-order valence-electron chi connectivity index (χ2n) is 6.35. The topological polar surface area (TPSA) is 66.8 Å². The van der Waals surface area contributed by atoms with Crippen LogP contribution in [0.15, 0.2) is 24.3 Å². The fourth-order valence-corrected chi connectivity index (χ4v) is 4.92. The van der Waals surface area contributed by atoms with E-state index in [1.54, 1.807) is 7.11 Å². The van der Waals surface area contributed by atoms with E-state index in [4.69, 9.17) is 4.74 Å². The minimum absolute atomic E-state index is 0.0420. The molecule has 2 aliphatic rings. The fourth-order valence-electron chi connectivity index (χ4n) is 3.85. The number of amides is 1. The monoisotopic (exact) mass is 349 g/mol. The normalized spacial score (nSPS) is 25.5. The first-order valence-electron chi connectivity index (χ1n) is 8.42. The van der Waals surface area contributed by atoms with Crippen LogP contribution in [0, 0.1) is 0 Å². The zero-order chi connectivity index (χ0) is 17.1. The third kappa shape index (κ3) is 3.24. The molecular weight excluding hydrogens is 326 g/mol. The van der Waals surface area contributed by atoms with Crippen LogP contribution >= 0.6 is 11.8 Å². The lowest BCUT2D eigenvalue weighted by Gasteiger charge is -2.45. The summed E-state index contributed by atoms with van der Waals surface area (Å²) in [5.74, 6) is 0.0495. The molecule has 2 atom stereocenters. The van der Waals surface area contributed by atoms with E-state index in [0.29, 0.717) is 5.75 Å². The predicted octanol–water partition coefficient (Wildman–Crippen LogP) is 3.10. The molecule has 1 aliphatic heterocycles. The molecule has 2 unspecified atom stereocenters. The van der Waals surface area contributed by atoms with Crippen molar-refractivity contribution >= 4 is 23.6 Å². The van der Waals surface area contributed by atoms with E-state index in [2.05, 4.69) is 0 Å². The number of thioether (sulfide) groups is 1. The van der Waals surface area contributed by atoms with Gasteiger partial charge in [0.05, 0.1) is 18.9 Å². The molecule has 1 aliphatic carbocycles. The molecule has 6 heteroatoms. The highest BCUT2D eigenvalue weighted by Crippen LogP contribution is 2.43. The van der Waals surface area contributed by atoms with E-state index >= 15 is 0 Å². The first-order chi connectivity index (χ1) is 11.6. The maximum Gasteiger partial charge on any atom is 0.319 e. The summed E-state index contributed by atoms with van der Waals surface area (Å²) in [6.45, 7) is 0. The van der Waals surface area contributed by atoms with Crippen LogP contribution in [0.3, 0.4) is 0 Å². The summed E-state index contributed by atoms with van der Waals surface area (Å²) in [4.78, 5) is 26.4. The van der Waals surface area contributed by atoms with Gasteiger partial charge in [-0.1, -0.05) is 37.5 Å². The molecule has 130 valence electrons. The second-order valence-corrected chi connectivity index (χ2v) is 7.48. The number of carbonyl (C=O) groups excluding carboxylic acids is 1. The maximum absolute atomic E-state index is 12.7. The SMILES string of the molecule is COc1ccccc1C1C(C(=O)O)SCC(=O)N1C1CCCCC1. The van der Waals surface area contributed by atoms with E-state index in [1.165, 1.54) is 18.2 Å². The van der Waals surface area contributed by atoms with E-state index in [0.717, 1.165) is 31.2 Å². The van der Waals surface area contributed by atoms with Crippen molar-refractivity contribution in [2.24, 2.45) is 0 Å². The number of ether oxygens (including phenoxy) is 1. The van der Waals surface area contributed by atoms with Crippen LogP contribution in [-0.4, -0.2) is 46.0 Å². The maximum atomic E-state index is 12.7. The van der Waals surface area contributed by atoms with Crippen molar-refractivity contribution in [3.05, 3.63) is 29.8 Å². The lowest BCUT2D eigenvalue weighted by atomic mass is 9.90. The number of methoxy groups -OCH3 is 1. The number of rotatable bonds is 4. The van der Waals surface area contributed by atoms with Gasteiger partial charge in [-0.3, -0.25) is 9.59 Å². The summed E-state index contributed by atoms with van der Waals surface area (Å²) in [5.41, 5.74) is 0.790. The predicted molar refractivity (Wildman–Crippen MR) is 93.3 cm³/mol. The summed E-state index contributed by atoms with van der Waals surface area (Å²) in [7, 11) is 1.58. The molecule has 0 bridgehead atoms. The molecular formula is C18H23NO4S. The van der Waals surface area contributed by atoms with Crippen LogP contribution in [0.2, 0.25) is 0 Å². The van der Waals surface area contributed by atoms with Crippen LogP contribution < -0.4 is 4.74 Å². The number of benzene rings is 1. The molecule has 0 radical (unpaired) electrons. The van der Waals surface area contributed by atoms with Gasteiger partial charge < -0.3 is 14.7 Å². The molecule has 3 rings (SSSR count). The van der Waals surface area contributed by atoms with Gasteiger partial charge in [0.25, 0.3) is 0 Å². The van der Waals surface area contributed by atoms with Crippen LogP contribution in [0.5, 0.6) is 5.75 Å².